The Hall–Kier alpha value is -2.81. The van der Waals surface area contributed by atoms with E-state index in [1.807, 2.05) is 24.3 Å². The number of amides is 1. The zero-order chi connectivity index (χ0) is 15.4. The van der Waals surface area contributed by atoms with Crippen LogP contribution in [0.1, 0.15) is 17.5 Å². The van der Waals surface area contributed by atoms with Gasteiger partial charge in [-0.1, -0.05) is 35.3 Å². The molecule has 3 N–H and O–H groups in total. The normalized spacial score (nSPS) is 16.6. The van der Waals surface area contributed by atoms with E-state index in [4.69, 9.17) is 22.4 Å². The number of nitrogens with one attached hydrogen (secondary N) is 1. The molecule has 0 spiro atoms. The second-order valence-corrected chi connectivity index (χ2v) is 4.72. The third-order valence-corrected chi connectivity index (χ3v) is 3.19. The van der Waals surface area contributed by atoms with Crippen LogP contribution in [0.25, 0.3) is 0 Å². The van der Waals surface area contributed by atoms with E-state index in [2.05, 4.69) is 11.1 Å². The minimum absolute atomic E-state index is 0.346. The van der Waals surface area contributed by atoms with Crippen molar-refractivity contribution in [2.24, 2.45) is 10.9 Å². The lowest BCUT2D eigenvalue weighted by molar-refractivity contribution is -0.127. The predicted molar refractivity (Wildman–Crippen MR) is 80.0 cm³/mol. The highest BCUT2D eigenvalue weighted by Crippen LogP contribution is 2.17. The maximum absolute atomic E-state index is 11.0. The van der Waals surface area contributed by atoms with Crippen molar-refractivity contribution in [2.75, 3.05) is 13.6 Å². The first-order valence-corrected chi connectivity index (χ1v) is 6.39. The Kier molecular flexibility index (Phi) is 4.24. The Morgan fingerprint density at radius 3 is 2.76 bits per heavy atom. The van der Waals surface area contributed by atoms with Gasteiger partial charge in [0.05, 0.1) is 12.3 Å². The lowest BCUT2D eigenvalue weighted by Gasteiger charge is -2.17. The summed E-state index contributed by atoms with van der Waals surface area (Å²) in [6, 6.07) is 7.29. The molecule has 0 saturated carbocycles. The van der Waals surface area contributed by atoms with Crippen molar-refractivity contribution in [3.63, 3.8) is 0 Å². The smallest absolute Gasteiger partial charge is 0.261 e. The second-order valence-electron chi connectivity index (χ2n) is 4.72. The van der Waals surface area contributed by atoms with Crippen LogP contribution >= 0.6 is 0 Å². The molecule has 1 heterocycles. The van der Waals surface area contributed by atoms with Crippen LogP contribution in [0.15, 0.2) is 29.4 Å². The fourth-order valence-corrected chi connectivity index (χ4v) is 1.96. The van der Waals surface area contributed by atoms with Crippen molar-refractivity contribution in [2.45, 2.75) is 12.5 Å². The predicted octanol–water partition coefficient (Wildman–Crippen LogP) is 0.555. The largest absolute Gasteiger partial charge is 0.382 e. The van der Waals surface area contributed by atoms with Gasteiger partial charge in [-0.2, -0.15) is 0 Å². The minimum atomic E-state index is -0.695. The van der Waals surface area contributed by atoms with Gasteiger partial charge in [0.15, 0.2) is 0 Å². The van der Waals surface area contributed by atoms with Crippen LogP contribution in [0.3, 0.4) is 0 Å². The van der Waals surface area contributed by atoms with Gasteiger partial charge in [-0.25, -0.2) is 0 Å². The number of oxime groups is 1. The fraction of sp³-hybridized carbons (Fsp3) is 0.267. The van der Waals surface area contributed by atoms with E-state index >= 15 is 0 Å². The van der Waals surface area contributed by atoms with Crippen LogP contribution in [0.2, 0.25) is 0 Å². The summed E-state index contributed by atoms with van der Waals surface area (Å²) in [7, 11) is 1.77. The number of benzene rings is 1. The quantitative estimate of drug-likeness (QED) is 0.480. The third-order valence-electron chi connectivity index (χ3n) is 3.19. The zero-order valence-electron chi connectivity index (χ0n) is 11.7. The van der Waals surface area contributed by atoms with Crippen molar-refractivity contribution in [1.29, 1.82) is 5.41 Å². The van der Waals surface area contributed by atoms with Crippen LogP contribution < -0.4 is 5.73 Å². The summed E-state index contributed by atoms with van der Waals surface area (Å²) in [5, 5.41) is 11.9. The number of hydrogen-bond acceptors (Lipinski definition) is 4. The molecule has 1 aliphatic heterocycles. The summed E-state index contributed by atoms with van der Waals surface area (Å²) in [5.41, 5.74) is 7.45. The number of nitrogens with zero attached hydrogens (tertiary/aromatic N) is 2. The standard InChI is InChI=1S/C15H16N4O2/c1-3-8-19(2)14(16)11-6-4-10(5-7-11)12-9-13(15(17)20)21-18-12/h1,4-7,13,16H,8-9H2,2H3,(H2,17,20). The molecular formula is C15H16N4O2. The van der Waals surface area contributed by atoms with E-state index in [1.54, 1.807) is 11.9 Å². The summed E-state index contributed by atoms with van der Waals surface area (Å²) >= 11 is 0. The molecule has 0 bridgehead atoms. The average molecular weight is 284 g/mol. The maximum Gasteiger partial charge on any atom is 0.261 e. The molecule has 1 aromatic rings. The molecule has 1 atom stereocenters. The van der Waals surface area contributed by atoms with E-state index in [0.717, 1.165) is 11.1 Å². The summed E-state index contributed by atoms with van der Waals surface area (Å²) in [5.74, 6) is 2.32. The van der Waals surface area contributed by atoms with Crippen LogP contribution in [0, 0.1) is 17.8 Å². The highest BCUT2D eigenvalue weighted by Gasteiger charge is 2.26. The van der Waals surface area contributed by atoms with Gasteiger partial charge in [-0.3, -0.25) is 10.2 Å². The topological polar surface area (TPSA) is 91.8 Å². The first-order chi connectivity index (χ1) is 10.0. The molecule has 1 aromatic carbocycles. The zero-order valence-corrected chi connectivity index (χ0v) is 11.7. The Bertz CT molecular complexity index is 628. The Balaban J connectivity index is 2.08. The summed E-state index contributed by atoms with van der Waals surface area (Å²) in [4.78, 5) is 17.7. The van der Waals surface area contributed by atoms with Crippen molar-refractivity contribution < 1.29 is 9.63 Å². The van der Waals surface area contributed by atoms with E-state index in [9.17, 15) is 4.79 Å². The number of carbonyl (C=O) groups excluding carboxylic acids is 1. The van der Waals surface area contributed by atoms with Gasteiger partial charge in [0, 0.05) is 19.0 Å². The van der Waals surface area contributed by atoms with E-state index in [-0.39, 0.29) is 0 Å². The van der Waals surface area contributed by atoms with Crippen LogP contribution in [0.4, 0.5) is 0 Å². The lowest BCUT2D eigenvalue weighted by atomic mass is 10.0. The molecule has 21 heavy (non-hydrogen) atoms. The number of terminal acetylenes is 1. The van der Waals surface area contributed by atoms with Gasteiger partial charge >= 0.3 is 0 Å². The molecular weight excluding hydrogens is 268 g/mol. The average Bonchev–Trinajstić information content (AvgIpc) is 2.97. The maximum atomic E-state index is 11.0. The van der Waals surface area contributed by atoms with Crippen molar-refractivity contribution in [1.82, 2.24) is 4.90 Å². The van der Waals surface area contributed by atoms with Crippen molar-refractivity contribution >= 4 is 17.5 Å². The molecule has 0 aliphatic carbocycles. The number of amidine groups is 1. The molecule has 1 aliphatic rings. The van der Waals surface area contributed by atoms with Gasteiger partial charge in [0.1, 0.15) is 5.84 Å². The summed E-state index contributed by atoms with van der Waals surface area (Å²) in [6.07, 6.45) is 4.90. The van der Waals surface area contributed by atoms with E-state index in [0.29, 0.717) is 24.5 Å². The number of carbonyl (C=O) groups is 1. The Labute approximate surface area is 123 Å². The molecule has 0 radical (unpaired) electrons. The van der Waals surface area contributed by atoms with Gasteiger partial charge < -0.3 is 15.5 Å². The monoisotopic (exact) mass is 284 g/mol. The van der Waals surface area contributed by atoms with Gasteiger partial charge in [-0.05, 0) is 5.56 Å². The Morgan fingerprint density at radius 2 is 2.24 bits per heavy atom. The Morgan fingerprint density at radius 1 is 1.57 bits per heavy atom. The highest BCUT2D eigenvalue weighted by atomic mass is 16.6. The minimum Gasteiger partial charge on any atom is -0.382 e. The van der Waals surface area contributed by atoms with Gasteiger partial charge in [0.25, 0.3) is 5.91 Å². The van der Waals surface area contributed by atoms with Gasteiger partial charge in [-0.15, -0.1) is 6.42 Å². The lowest BCUT2D eigenvalue weighted by Crippen LogP contribution is -2.28. The molecule has 6 nitrogen and oxygen atoms in total. The van der Waals surface area contributed by atoms with Crippen molar-refractivity contribution in [3.8, 4) is 12.3 Å². The van der Waals surface area contributed by atoms with Crippen LogP contribution in [-0.4, -0.2) is 42.1 Å². The molecule has 1 amide bonds. The highest BCUT2D eigenvalue weighted by molar-refractivity contribution is 6.04. The van der Waals surface area contributed by atoms with Crippen molar-refractivity contribution in [3.05, 3.63) is 35.4 Å². The number of rotatable bonds is 4. The number of nitrogens with two attached hydrogens (primary N) is 1. The first kappa shape index (κ1) is 14.6. The van der Waals surface area contributed by atoms with E-state index < -0.39 is 12.0 Å². The molecule has 0 saturated heterocycles. The first-order valence-electron chi connectivity index (χ1n) is 6.39. The molecule has 0 aromatic heterocycles. The van der Waals surface area contributed by atoms with Crippen LogP contribution in [0.5, 0.6) is 0 Å². The summed E-state index contributed by atoms with van der Waals surface area (Å²) < 4.78 is 0. The van der Waals surface area contributed by atoms with E-state index in [1.165, 1.54) is 0 Å². The molecule has 0 fully saturated rings. The molecule has 108 valence electrons. The third kappa shape index (κ3) is 3.20. The number of hydrogen-bond donors (Lipinski definition) is 2. The number of primary amides is 1. The fourth-order valence-electron chi connectivity index (χ4n) is 1.96. The molecule has 2 rings (SSSR count). The molecule has 1 unspecified atom stereocenters. The van der Waals surface area contributed by atoms with Crippen LogP contribution in [-0.2, 0) is 9.63 Å². The second kappa shape index (κ2) is 6.09. The molecule has 6 heteroatoms. The SMILES string of the molecule is C#CCN(C)C(=N)c1ccc(C2=NOC(C(N)=O)C2)cc1. The summed E-state index contributed by atoms with van der Waals surface area (Å²) in [6.45, 7) is 0.376. The van der Waals surface area contributed by atoms with Gasteiger partial charge in [0.2, 0.25) is 6.10 Å².